The third-order valence-corrected chi connectivity index (χ3v) is 5.78. The smallest absolute Gasteiger partial charge is 0.326 e. The summed E-state index contributed by atoms with van der Waals surface area (Å²) >= 11 is 0. The zero-order valence-electron chi connectivity index (χ0n) is 16.7. The number of benzene rings is 3. The molecule has 5 heteroatoms. The van der Waals surface area contributed by atoms with E-state index in [4.69, 9.17) is 0 Å². The van der Waals surface area contributed by atoms with Crippen LogP contribution in [0.15, 0.2) is 72.8 Å². The van der Waals surface area contributed by atoms with Gasteiger partial charge < -0.3 is 15.1 Å². The highest BCUT2D eigenvalue weighted by atomic mass is 16.4. The fourth-order valence-corrected chi connectivity index (χ4v) is 4.15. The van der Waals surface area contributed by atoms with E-state index in [1.165, 1.54) is 4.90 Å². The van der Waals surface area contributed by atoms with Crippen molar-refractivity contribution >= 4 is 11.9 Å². The fourth-order valence-electron chi connectivity index (χ4n) is 4.15. The lowest BCUT2D eigenvalue weighted by Gasteiger charge is -2.37. The first-order valence-electron chi connectivity index (χ1n) is 9.91. The molecular formula is C25H23NO4. The minimum atomic E-state index is -1.07. The van der Waals surface area contributed by atoms with E-state index in [0.717, 1.165) is 16.7 Å². The number of phenols is 1. The number of aryl methyl sites for hydroxylation is 1. The number of carboxylic acids is 1. The third kappa shape index (κ3) is 3.54. The molecule has 0 spiro atoms. The van der Waals surface area contributed by atoms with Crippen molar-refractivity contribution in [2.75, 3.05) is 0 Å². The lowest BCUT2D eigenvalue weighted by Crippen LogP contribution is -2.50. The number of carbonyl (C=O) groups is 2. The number of carboxylic acid groups (broad SMARTS) is 1. The van der Waals surface area contributed by atoms with Crippen molar-refractivity contribution in [2.45, 2.75) is 31.8 Å². The molecule has 0 aromatic heterocycles. The highest BCUT2D eigenvalue weighted by Gasteiger charge is 2.39. The van der Waals surface area contributed by atoms with E-state index in [1.807, 2.05) is 66.7 Å². The standard InChI is InChI=1S/C25H23NO4/c1-16-12-13-19-15-26(21(25(29)30)14-20(19)23(16)27)24(28)22(17-8-4-2-5-9-17)18-10-6-3-7-11-18/h2-13,21-22,27H,14-15H2,1H3,(H,29,30)/t21-/m0/s1. The molecule has 2 N–H and O–H groups in total. The number of amides is 1. The van der Waals surface area contributed by atoms with Gasteiger partial charge in [0.25, 0.3) is 0 Å². The second-order valence-corrected chi connectivity index (χ2v) is 7.65. The van der Waals surface area contributed by atoms with Crippen LogP contribution >= 0.6 is 0 Å². The van der Waals surface area contributed by atoms with Crippen LogP contribution in [0.3, 0.4) is 0 Å². The average Bonchev–Trinajstić information content (AvgIpc) is 2.77. The Morgan fingerprint density at radius 1 is 0.933 bits per heavy atom. The van der Waals surface area contributed by atoms with Gasteiger partial charge in [0.1, 0.15) is 11.8 Å². The number of phenolic OH excluding ortho intramolecular Hbond substituents is 1. The summed E-state index contributed by atoms with van der Waals surface area (Å²) in [4.78, 5) is 27.3. The molecular weight excluding hydrogens is 378 g/mol. The first-order valence-corrected chi connectivity index (χ1v) is 9.91. The monoisotopic (exact) mass is 401 g/mol. The number of carbonyl (C=O) groups excluding carboxylic acids is 1. The predicted molar refractivity (Wildman–Crippen MR) is 113 cm³/mol. The van der Waals surface area contributed by atoms with Crippen LogP contribution < -0.4 is 0 Å². The topological polar surface area (TPSA) is 77.8 Å². The largest absolute Gasteiger partial charge is 0.507 e. The van der Waals surface area contributed by atoms with E-state index in [1.54, 1.807) is 13.0 Å². The molecule has 1 atom stereocenters. The van der Waals surface area contributed by atoms with E-state index in [-0.39, 0.29) is 24.6 Å². The molecule has 4 rings (SSSR count). The van der Waals surface area contributed by atoms with Gasteiger partial charge in [-0.25, -0.2) is 4.79 Å². The molecule has 1 amide bonds. The highest BCUT2D eigenvalue weighted by Crippen LogP contribution is 2.35. The molecule has 0 saturated carbocycles. The van der Waals surface area contributed by atoms with Crippen LogP contribution in [-0.4, -0.2) is 33.0 Å². The Hall–Kier alpha value is -3.60. The number of aliphatic carboxylic acids is 1. The molecule has 5 nitrogen and oxygen atoms in total. The van der Waals surface area contributed by atoms with Gasteiger partial charge >= 0.3 is 5.97 Å². The van der Waals surface area contributed by atoms with Crippen LogP contribution in [0.5, 0.6) is 5.75 Å². The summed E-state index contributed by atoms with van der Waals surface area (Å²) in [7, 11) is 0. The second-order valence-electron chi connectivity index (χ2n) is 7.65. The molecule has 0 saturated heterocycles. The normalized spacial score (nSPS) is 15.7. The third-order valence-electron chi connectivity index (χ3n) is 5.78. The molecule has 0 unspecified atom stereocenters. The number of rotatable bonds is 4. The van der Waals surface area contributed by atoms with Crippen LogP contribution in [0.1, 0.15) is 33.7 Å². The van der Waals surface area contributed by atoms with Gasteiger partial charge in [-0.05, 0) is 29.2 Å². The maximum atomic E-state index is 13.8. The Kier molecular flexibility index (Phi) is 5.27. The molecule has 1 aliphatic rings. The van der Waals surface area contributed by atoms with Gasteiger partial charge in [0.15, 0.2) is 0 Å². The van der Waals surface area contributed by atoms with Crippen molar-refractivity contribution in [3.63, 3.8) is 0 Å². The summed E-state index contributed by atoms with van der Waals surface area (Å²) in [5.41, 5.74) is 3.72. The van der Waals surface area contributed by atoms with Crippen LogP contribution in [0, 0.1) is 6.92 Å². The Labute approximate surface area is 175 Å². The predicted octanol–water partition coefficient (Wildman–Crippen LogP) is 3.87. The van der Waals surface area contributed by atoms with Crippen molar-refractivity contribution in [3.05, 3.63) is 101 Å². The van der Waals surface area contributed by atoms with Gasteiger partial charge in [0.05, 0.1) is 5.92 Å². The molecule has 1 aliphatic heterocycles. The van der Waals surface area contributed by atoms with Crippen LogP contribution in [0.4, 0.5) is 0 Å². The average molecular weight is 401 g/mol. The molecule has 3 aromatic rings. The minimum absolute atomic E-state index is 0.0836. The number of hydrogen-bond acceptors (Lipinski definition) is 3. The SMILES string of the molecule is Cc1ccc2c(c1O)C[C@@H](C(=O)O)N(C(=O)C(c1ccccc1)c1ccccc1)C2. The summed E-state index contributed by atoms with van der Waals surface area (Å²) in [5.74, 6) is -1.82. The molecule has 0 aliphatic carbocycles. The van der Waals surface area contributed by atoms with Gasteiger partial charge in [-0.3, -0.25) is 4.79 Å². The van der Waals surface area contributed by atoms with Crippen molar-refractivity contribution in [1.82, 2.24) is 4.90 Å². The summed E-state index contributed by atoms with van der Waals surface area (Å²) in [6.45, 7) is 1.93. The number of nitrogens with zero attached hydrogens (tertiary/aromatic N) is 1. The fraction of sp³-hybridized carbons (Fsp3) is 0.200. The van der Waals surface area contributed by atoms with Crippen LogP contribution in [0.2, 0.25) is 0 Å². The quantitative estimate of drug-likeness (QED) is 0.696. The molecule has 1 heterocycles. The van der Waals surface area contributed by atoms with Gasteiger partial charge in [0.2, 0.25) is 5.91 Å². The summed E-state index contributed by atoms with van der Waals surface area (Å²) < 4.78 is 0. The van der Waals surface area contributed by atoms with Gasteiger partial charge in [-0.15, -0.1) is 0 Å². The maximum Gasteiger partial charge on any atom is 0.326 e. The number of fused-ring (bicyclic) bond motifs is 1. The van der Waals surface area contributed by atoms with E-state index >= 15 is 0 Å². The first kappa shape index (κ1) is 19.7. The lowest BCUT2D eigenvalue weighted by atomic mass is 9.86. The van der Waals surface area contributed by atoms with Gasteiger partial charge in [-0.2, -0.15) is 0 Å². The second kappa shape index (κ2) is 8.03. The maximum absolute atomic E-state index is 13.8. The molecule has 0 fully saturated rings. The Bertz CT molecular complexity index is 1040. The van der Waals surface area contributed by atoms with E-state index in [2.05, 4.69) is 0 Å². The molecule has 152 valence electrons. The van der Waals surface area contributed by atoms with Crippen molar-refractivity contribution in [1.29, 1.82) is 0 Å². The van der Waals surface area contributed by atoms with Crippen LogP contribution in [-0.2, 0) is 22.6 Å². The molecule has 30 heavy (non-hydrogen) atoms. The lowest BCUT2D eigenvalue weighted by molar-refractivity contribution is -0.151. The van der Waals surface area contributed by atoms with Crippen molar-refractivity contribution in [2.24, 2.45) is 0 Å². The molecule has 0 radical (unpaired) electrons. The van der Waals surface area contributed by atoms with E-state index in [0.29, 0.717) is 11.1 Å². The molecule has 3 aromatic carbocycles. The zero-order valence-corrected chi connectivity index (χ0v) is 16.7. The summed E-state index contributed by atoms with van der Waals surface area (Å²) in [5, 5.41) is 20.3. The van der Waals surface area contributed by atoms with Crippen LogP contribution in [0.25, 0.3) is 0 Å². The highest BCUT2D eigenvalue weighted by molar-refractivity contribution is 5.91. The Balaban J connectivity index is 1.78. The van der Waals surface area contributed by atoms with Crippen molar-refractivity contribution < 1.29 is 19.8 Å². The Morgan fingerprint density at radius 2 is 1.50 bits per heavy atom. The number of hydrogen-bond donors (Lipinski definition) is 2. The zero-order chi connectivity index (χ0) is 21.3. The summed E-state index contributed by atoms with van der Waals surface area (Å²) in [6, 6.07) is 21.4. The molecule has 0 bridgehead atoms. The van der Waals surface area contributed by atoms with Gasteiger partial charge in [0, 0.05) is 18.5 Å². The van der Waals surface area contributed by atoms with E-state index < -0.39 is 17.9 Å². The first-order chi connectivity index (χ1) is 14.5. The van der Waals surface area contributed by atoms with Gasteiger partial charge in [-0.1, -0.05) is 72.8 Å². The minimum Gasteiger partial charge on any atom is -0.507 e. The van der Waals surface area contributed by atoms with Crippen molar-refractivity contribution in [3.8, 4) is 5.75 Å². The number of aromatic hydroxyl groups is 1. The summed E-state index contributed by atoms with van der Waals surface area (Å²) in [6.07, 6.45) is 0.0836. The van der Waals surface area contributed by atoms with E-state index in [9.17, 15) is 19.8 Å². The Morgan fingerprint density at radius 3 is 2.03 bits per heavy atom.